The first-order chi connectivity index (χ1) is 12.1. The number of nitrogens with one attached hydrogen (secondary N) is 3. The number of carbonyl (C=O) groups excluding carboxylic acids is 2. The summed E-state index contributed by atoms with van der Waals surface area (Å²) in [6.07, 6.45) is 6.27. The van der Waals surface area contributed by atoms with E-state index < -0.39 is 0 Å². The molecule has 0 radical (unpaired) electrons. The minimum absolute atomic E-state index is 0.0627. The highest BCUT2D eigenvalue weighted by Gasteiger charge is 2.24. The van der Waals surface area contributed by atoms with E-state index >= 15 is 0 Å². The third kappa shape index (κ3) is 3.47. The van der Waals surface area contributed by atoms with E-state index in [1.54, 1.807) is 11.1 Å². The average molecular weight is 342 g/mol. The lowest BCUT2D eigenvalue weighted by Crippen LogP contribution is -2.44. The van der Waals surface area contributed by atoms with Crippen LogP contribution in [0.2, 0.25) is 0 Å². The molecule has 0 aromatic carbocycles. The number of piperidine rings is 1. The van der Waals surface area contributed by atoms with Gasteiger partial charge in [-0.1, -0.05) is 6.58 Å². The van der Waals surface area contributed by atoms with Crippen LogP contribution in [-0.2, 0) is 4.79 Å². The zero-order valence-electron chi connectivity index (χ0n) is 14.2. The molecule has 0 aliphatic carbocycles. The monoisotopic (exact) mass is 342 g/mol. The SMILES string of the molecule is C=CC(=O)N1CCC[C@@H](Nc2ncnc3[nH]cc(C(=O)NCC)c23)C1. The van der Waals surface area contributed by atoms with Gasteiger partial charge in [-0.25, -0.2) is 9.97 Å². The number of anilines is 1. The van der Waals surface area contributed by atoms with Gasteiger partial charge in [-0.3, -0.25) is 9.59 Å². The summed E-state index contributed by atoms with van der Waals surface area (Å²) in [6, 6.07) is 0.0627. The summed E-state index contributed by atoms with van der Waals surface area (Å²) >= 11 is 0. The number of amides is 2. The Kier molecular flexibility index (Phi) is 4.97. The number of nitrogens with zero attached hydrogens (tertiary/aromatic N) is 3. The van der Waals surface area contributed by atoms with Crippen LogP contribution in [0.5, 0.6) is 0 Å². The summed E-state index contributed by atoms with van der Waals surface area (Å²) in [4.78, 5) is 37.4. The van der Waals surface area contributed by atoms with Crippen LogP contribution in [0.1, 0.15) is 30.1 Å². The van der Waals surface area contributed by atoms with Gasteiger partial charge in [0, 0.05) is 31.9 Å². The number of fused-ring (bicyclic) bond motifs is 1. The van der Waals surface area contributed by atoms with Crippen LogP contribution in [0.3, 0.4) is 0 Å². The molecule has 1 aliphatic rings. The lowest BCUT2D eigenvalue weighted by atomic mass is 10.1. The maximum atomic E-state index is 12.3. The molecule has 3 rings (SSSR count). The number of likely N-dealkylation sites (tertiary alicyclic amines) is 1. The van der Waals surface area contributed by atoms with E-state index in [0.29, 0.717) is 35.5 Å². The van der Waals surface area contributed by atoms with E-state index in [9.17, 15) is 9.59 Å². The second-order valence-corrected chi connectivity index (χ2v) is 5.98. The summed E-state index contributed by atoms with van der Waals surface area (Å²) in [5.41, 5.74) is 1.11. The molecule has 3 heterocycles. The lowest BCUT2D eigenvalue weighted by Gasteiger charge is -2.32. The Morgan fingerprint density at radius 2 is 2.32 bits per heavy atom. The molecule has 8 nitrogen and oxygen atoms in total. The van der Waals surface area contributed by atoms with E-state index in [4.69, 9.17) is 0 Å². The predicted octanol–water partition coefficient (Wildman–Crippen LogP) is 1.30. The number of aromatic nitrogens is 3. The van der Waals surface area contributed by atoms with Gasteiger partial charge in [0.25, 0.3) is 5.91 Å². The molecule has 0 saturated carbocycles. The fourth-order valence-corrected chi connectivity index (χ4v) is 3.12. The molecule has 2 amide bonds. The minimum Gasteiger partial charge on any atom is -0.365 e. The van der Waals surface area contributed by atoms with E-state index in [0.717, 1.165) is 19.4 Å². The van der Waals surface area contributed by atoms with E-state index in [1.165, 1.54) is 12.4 Å². The molecule has 1 aliphatic heterocycles. The van der Waals surface area contributed by atoms with Gasteiger partial charge in [-0.05, 0) is 25.8 Å². The van der Waals surface area contributed by atoms with Crippen LogP contribution in [-0.4, -0.2) is 57.3 Å². The van der Waals surface area contributed by atoms with Gasteiger partial charge in [-0.15, -0.1) is 0 Å². The molecular weight excluding hydrogens is 320 g/mol. The van der Waals surface area contributed by atoms with Crippen LogP contribution < -0.4 is 10.6 Å². The highest BCUT2D eigenvalue weighted by Crippen LogP contribution is 2.25. The van der Waals surface area contributed by atoms with Crippen LogP contribution >= 0.6 is 0 Å². The molecule has 25 heavy (non-hydrogen) atoms. The summed E-state index contributed by atoms with van der Waals surface area (Å²) in [7, 11) is 0. The normalized spacial score (nSPS) is 17.3. The van der Waals surface area contributed by atoms with Crippen molar-refractivity contribution >= 4 is 28.7 Å². The largest absolute Gasteiger partial charge is 0.365 e. The third-order valence-corrected chi connectivity index (χ3v) is 4.30. The van der Waals surface area contributed by atoms with Crippen LogP contribution in [0.15, 0.2) is 25.2 Å². The van der Waals surface area contributed by atoms with Crippen molar-refractivity contribution in [3.05, 3.63) is 30.7 Å². The van der Waals surface area contributed by atoms with Gasteiger partial charge in [0.05, 0.1) is 10.9 Å². The number of hydrogen-bond acceptors (Lipinski definition) is 5. The van der Waals surface area contributed by atoms with E-state index in [1.807, 2.05) is 6.92 Å². The second kappa shape index (κ2) is 7.33. The van der Waals surface area contributed by atoms with Crippen molar-refractivity contribution in [1.29, 1.82) is 0 Å². The van der Waals surface area contributed by atoms with Crippen LogP contribution in [0.25, 0.3) is 11.0 Å². The lowest BCUT2D eigenvalue weighted by molar-refractivity contribution is -0.127. The molecule has 1 saturated heterocycles. The number of aromatic amines is 1. The Hall–Kier alpha value is -2.90. The zero-order valence-corrected chi connectivity index (χ0v) is 14.2. The number of carbonyl (C=O) groups is 2. The predicted molar refractivity (Wildman–Crippen MR) is 95.3 cm³/mol. The number of rotatable bonds is 5. The Morgan fingerprint density at radius 3 is 3.08 bits per heavy atom. The highest BCUT2D eigenvalue weighted by molar-refractivity contribution is 6.09. The van der Waals surface area contributed by atoms with Crippen molar-refractivity contribution in [2.75, 3.05) is 25.0 Å². The molecule has 132 valence electrons. The fourth-order valence-electron chi connectivity index (χ4n) is 3.12. The molecule has 8 heteroatoms. The number of H-pyrrole nitrogens is 1. The quantitative estimate of drug-likeness (QED) is 0.711. The summed E-state index contributed by atoms with van der Waals surface area (Å²) in [6.45, 7) is 7.28. The van der Waals surface area contributed by atoms with Gasteiger partial charge in [0.1, 0.15) is 17.8 Å². The summed E-state index contributed by atoms with van der Waals surface area (Å²) < 4.78 is 0. The molecule has 1 fully saturated rings. The standard InChI is InChI=1S/C17H22N6O2/c1-3-13(24)23-7-5-6-11(9-23)22-16-14-12(17(25)18-4-2)8-19-15(14)20-10-21-16/h3,8,10-11H,1,4-7,9H2,2H3,(H,18,25)(H2,19,20,21,22)/t11-/m1/s1. The smallest absolute Gasteiger partial charge is 0.253 e. The molecule has 0 bridgehead atoms. The maximum absolute atomic E-state index is 12.3. The Labute approximate surface area is 145 Å². The van der Waals surface area contributed by atoms with Gasteiger partial charge in [-0.2, -0.15) is 0 Å². The summed E-state index contributed by atoms with van der Waals surface area (Å²) in [5.74, 6) is 0.369. The Balaban J connectivity index is 1.86. The Morgan fingerprint density at radius 1 is 1.48 bits per heavy atom. The van der Waals surface area contributed by atoms with Gasteiger partial charge in [0.15, 0.2) is 0 Å². The molecule has 0 unspecified atom stereocenters. The molecular formula is C17H22N6O2. The third-order valence-electron chi connectivity index (χ3n) is 4.30. The Bertz CT molecular complexity index is 800. The first kappa shape index (κ1) is 16.9. The van der Waals surface area contributed by atoms with Gasteiger partial charge < -0.3 is 20.5 Å². The van der Waals surface area contributed by atoms with Crippen molar-refractivity contribution in [3.8, 4) is 0 Å². The second-order valence-electron chi connectivity index (χ2n) is 5.98. The van der Waals surface area contributed by atoms with Crippen molar-refractivity contribution in [2.45, 2.75) is 25.8 Å². The fraction of sp³-hybridized carbons (Fsp3) is 0.412. The van der Waals surface area contributed by atoms with Gasteiger partial charge >= 0.3 is 0 Å². The van der Waals surface area contributed by atoms with Crippen molar-refractivity contribution < 1.29 is 9.59 Å². The van der Waals surface area contributed by atoms with Crippen molar-refractivity contribution in [1.82, 2.24) is 25.2 Å². The highest BCUT2D eigenvalue weighted by atomic mass is 16.2. The minimum atomic E-state index is -0.168. The van der Waals surface area contributed by atoms with Crippen molar-refractivity contribution in [2.24, 2.45) is 0 Å². The van der Waals surface area contributed by atoms with E-state index in [-0.39, 0.29) is 17.9 Å². The first-order valence-electron chi connectivity index (χ1n) is 8.42. The number of hydrogen-bond donors (Lipinski definition) is 3. The molecule has 0 spiro atoms. The molecule has 3 N–H and O–H groups in total. The van der Waals surface area contributed by atoms with Crippen LogP contribution in [0.4, 0.5) is 5.82 Å². The van der Waals surface area contributed by atoms with E-state index in [2.05, 4.69) is 32.2 Å². The average Bonchev–Trinajstić information content (AvgIpc) is 3.07. The zero-order chi connectivity index (χ0) is 17.8. The molecule has 2 aromatic heterocycles. The summed E-state index contributed by atoms with van der Waals surface area (Å²) in [5, 5.41) is 6.84. The topological polar surface area (TPSA) is 103 Å². The van der Waals surface area contributed by atoms with Crippen molar-refractivity contribution in [3.63, 3.8) is 0 Å². The van der Waals surface area contributed by atoms with Gasteiger partial charge in [0.2, 0.25) is 5.91 Å². The molecule has 2 aromatic rings. The van der Waals surface area contributed by atoms with Crippen LogP contribution in [0, 0.1) is 0 Å². The first-order valence-corrected chi connectivity index (χ1v) is 8.42. The molecule has 1 atom stereocenters. The maximum Gasteiger partial charge on any atom is 0.253 e.